The second kappa shape index (κ2) is 10.3. The molecule has 2 nitrogen and oxygen atoms in total. The maximum atomic E-state index is 2.48. The number of anilines is 2. The van der Waals surface area contributed by atoms with Gasteiger partial charge in [-0.05, 0) is 57.4 Å². The van der Waals surface area contributed by atoms with Gasteiger partial charge in [0.1, 0.15) is 0 Å². The van der Waals surface area contributed by atoms with Crippen molar-refractivity contribution in [3.63, 3.8) is 0 Å². The average molecular weight is 353 g/mol. The number of benzene rings is 2. The van der Waals surface area contributed by atoms with Crippen molar-refractivity contribution >= 4 is 11.4 Å². The van der Waals surface area contributed by atoms with Crippen LogP contribution in [-0.4, -0.2) is 26.2 Å². The molecule has 2 rings (SSSR count). The Hall–Kier alpha value is -1.96. The van der Waals surface area contributed by atoms with Crippen LogP contribution in [0, 0.1) is 0 Å². The normalized spacial score (nSPS) is 11.0. The Kier molecular flexibility index (Phi) is 8.03. The Morgan fingerprint density at radius 2 is 1.00 bits per heavy atom. The van der Waals surface area contributed by atoms with Crippen molar-refractivity contribution in [1.29, 1.82) is 0 Å². The van der Waals surface area contributed by atoms with Gasteiger partial charge in [-0.2, -0.15) is 0 Å². The number of rotatable bonds is 10. The molecule has 0 fully saturated rings. The summed E-state index contributed by atoms with van der Waals surface area (Å²) < 4.78 is 0. The fourth-order valence-corrected chi connectivity index (χ4v) is 4.04. The minimum absolute atomic E-state index is 0.439. The van der Waals surface area contributed by atoms with E-state index < -0.39 is 0 Å². The lowest BCUT2D eigenvalue weighted by molar-refractivity contribution is 0.688. The van der Waals surface area contributed by atoms with Crippen molar-refractivity contribution in [2.24, 2.45) is 0 Å². The van der Waals surface area contributed by atoms with Gasteiger partial charge in [0.15, 0.2) is 0 Å². The van der Waals surface area contributed by atoms with Crippen LogP contribution in [0.3, 0.4) is 0 Å². The van der Waals surface area contributed by atoms with Gasteiger partial charge in [-0.25, -0.2) is 0 Å². The number of nitrogens with zero attached hydrogens (tertiary/aromatic N) is 2. The van der Waals surface area contributed by atoms with Gasteiger partial charge < -0.3 is 9.80 Å². The zero-order valence-corrected chi connectivity index (χ0v) is 17.3. The highest BCUT2D eigenvalue weighted by Gasteiger charge is 2.22. The lowest BCUT2D eigenvalue weighted by Gasteiger charge is -2.31. The molecule has 2 aromatic rings. The van der Waals surface area contributed by atoms with E-state index in [9.17, 15) is 0 Å². The molecule has 0 aliphatic rings. The van der Waals surface area contributed by atoms with E-state index in [4.69, 9.17) is 0 Å². The van der Waals surface area contributed by atoms with E-state index in [1.165, 1.54) is 35.3 Å². The van der Waals surface area contributed by atoms with Gasteiger partial charge in [0, 0.05) is 43.5 Å². The van der Waals surface area contributed by atoms with Crippen LogP contribution in [0.5, 0.6) is 0 Å². The van der Waals surface area contributed by atoms with Crippen LogP contribution < -0.4 is 9.80 Å². The maximum absolute atomic E-state index is 2.48. The molecule has 0 saturated heterocycles. The van der Waals surface area contributed by atoms with Crippen molar-refractivity contribution in [3.05, 3.63) is 59.7 Å². The Balaban J connectivity index is 2.59. The molecule has 2 heteroatoms. The standard InChI is InChI=1S/C24H36N2/c1-6-15-20(21-16-11-13-18-23(21)25(7-2)8-3)22-17-12-14-19-24(22)26(9-4)10-5/h11-14,16-20H,6-10,15H2,1-5H3. The molecule has 2 aromatic carbocycles. The van der Waals surface area contributed by atoms with Gasteiger partial charge in [0.25, 0.3) is 0 Å². The predicted octanol–water partition coefficient (Wildman–Crippen LogP) is 6.31. The molecule has 142 valence electrons. The van der Waals surface area contributed by atoms with Gasteiger partial charge in [0.2, 0.25) is 0 Å². The van der Waals surface area contributed by atoms with Crippen LogP contribution in [0.15, 0.2) is 48.5 Å². The molecule has 0 aliphatic heterocycles. The van der Waals surface area contributed by atoms with Gasteiger partial charge in [-0.15, -0.1) is 0 Å². The molecule has 26 heavy (non-hydrogen) atoms. The van der Waals surface area contributed by atoms with Crippen LogP contribution in [0.1, 0.15) is 64.5 Å². The number of para-hydroxylation sites is 2. The van der Waals surface area contributed by atoms with E-state index in [0.29, 0.717) is 5.92 Å². The van der Waals surface area contributed by atoms with Crippen molar-refractivity contribution < 1.29 is 0 Å². The Bertz CT molecular complexity index is 601. The molecule has 0 saturated carbocycles. The van der Waals surface area contributed by atoms with Crippen LogP contribution in [0.25, 0.3) is 0 Å². The third-order valence-electron chi connectivity index (χ3n) is 5.41. The third-order valence-corrected chi connectivity index (χ3v) is 5.41. The lowest BCUT2D eigenvalue weighted by atomic mass is 9.85. The first-order valence-corrected chi connectivity index (χ1v) is 10.4. The molecule has 0 spiro atoms. The van der Waals surface area contributed by atoms with E-state index in [2.05, 4.69) is 92.9 Å². The lowest BCUT2D eigenvalue weighted by Crippen LogP contribution is -2.25. The van der Waals surface area contributed by atoms with Gasteiger partial charge in [0.05, 0.1) is 0 Å². The molecule has 0 heterocycles. The van der Waals surface area contributed by atoms with E-state index in [0.717, 1.165) is 26.2 Å². The molecule has 0 radical (unpaired) electrons. The molecule has 0 unspecified atom stereocenters. The average Bonchev–Trinajstić information content (AvgIpc) is 2.69. The Morgan fingerprint density at radius 1 is 0.615 bits per heavy atom. The summed E-state index contributed by atoms with van der Waals surface area (Å²) in [5, 5.41) is 0. The van der Waals surface area contributed by atoms with Gasteiger partial charge in [-0.3, -0.25) is 0 Å². The van der Waals surface area contributed by atoms with Crippen molar-refractivity contribution in [2.75, 3.05) is 36.0 Å². The first kappa shape index (κ1) is 20.4. The summed E-state index contributed by atoms with van der Waals surface area (Å²) in [6.45, 7) is 15.5. The van der Waals surface area contributed by atoms with E-state index in [1.54, 1.807) is 0 Å². The minimum Gasteiger partial charge on any atom is -0.372 e. The summed E-state index contributed by atoms with van der Waals surface area (Å²) in [5.41, 5.74) is 5.73. The van der Waals surface area contributed by atoms with Gasteiger partial charge >= 0.3 is 0 Å². The molecular formula is C24H36N2. The SMILES string of the molecule is CCCC(c1ccccc1N(CC)CC)c1ccccc1N(CC)CC. The Labute approximate surface area is 160 Å². The first-order valence-electron chi connectivity index (χ1n) is 10.4. The summed E-state index contributed by atoms with van der Waals surface area (Å²) in [5.74, 6) is 0.439. The highest BCUT2D eigenvalue weighted by Crippen LogP contribution is 2.39. The first-order chi connectivity index (χ1) is 12.7. The predicted molar refractivity (Wildman–Crippen MR) is 117 cm³/mol. The van der Waals surface area contributed by atoms with Crippen LogP contribution in [-0.2, 0) is 0 Å². The van der Waals surface area contributed by atoms with E-state index in [-0.39, 0.29) is 0 Å². The smallest absolute Gasteiger partial charge is 0.0404 e. The number of hydrogen-bond donors (Lipinski definition) is 0. The third kappa shape index (κ3) is 4.41. The highest BCUT2D eigenvalue weighted by atomic mass is 15.1. The van der Waals surface area contributed by atoms with Crippen LogP contribution >= 0.6 is 0 Å². The Morgan fingerprint density at radius 3 is 1.35 bits per heavy atom. The zero-order chi connectivity index (χ0) is 18.9. The zero-order valence-electron chi connectivity index (χ0n) is 17.3. The summed E-state index contributed by atoms with van der Waals surface area (Å²) in [4.78, 5) is 4.97. The topological polar surface area (TPSA) is 6.48 Å². The van der Waals surface area contributed by atoms with Gasteiger partial charge in [-0.1, -0.05) is 49.7 Å². The molecule has 0 amide bonds. The quantitative estimate of drug-likeness (QED) is 0.494. The molecule has 0 bridgehead atoms. The van der Waals surface area contributed by atoms with E-state index >= 15 is 0 Å². The number of hydrogen-bond acceptors (Lipinski definition) is 2. The van der Waals surface area contributed by atoms with Crippen molar-refractivity contribution in [2.45, 2.75) is 53.4 Å². The molecule has 0 atom stereocenters. The van der Waals surface area contributed by atoms with Crippen LogP contribution in [0.4, 0.5) is 11.4 Å². The maximum Gasteiger partial charge on any atom is 0.0404 e. The molecule has 0 aromatic heterocycles. The fraction of sp³-hybridized carbons (Fsp3) is 0.500. The second-order valence-electron chi connectivity index (χ2n) is 6.80. The second-order valence-corrected chi connectivity index (χ2v) is 6.80. The van der Waals surface area contributed by atoms with E-state index in [1.807, 2.05) is 0 Å². The summed E-state index contributed by atoms with van der Waals surface area (Å²) >= 11 is 0. The van der Waals surface area contributed by atoms with Crippen molar-refractivity contribution in [1.82, 2.24) is 0 Å². The summed E-state index contributed by atoms with van der Waals surface area (Å²) in [6.07, 6.45) is 2.36. The van der Waals surface area contributed by atoms with Crippen molar-refractivity contribution in [3.8, 4) is 0 Å². The highest BCUT2D eigenvalue weighted by molar-refractivity contribution is 5.63. The summed E-state index contributed by atoms with van der Waals surface area (Å²) in [6, 6.07) is 18.0. The minimum atomic E-state index is 0.439. The molecule has 0 N–H and O–H groups in total. The molecular weight excluding hydrogens is 316 g/mol. The summed E-state index contributed by atoms with van der Waals surface area (Å²) in [7, 11) is 0. The largest absolute Gasteiger partial charge is 0.372 e. The monoisotopic (exact) mass is 352 g/mol. The molecule has 0 aliphatic carbocycles. The van der Waals surface area contributed by atoms with Crippen LogP contribution in [0.2, 0.25) is 0 Å². The fourth-order valence-electron chi connectivity index (χ4n) is 4.04.